The highest BCUT2D eigenvalue weighted by Gasteiger charge is 2.12. The van der Waals surface area contributed by atoms with Crippen LogP contribution in [0.5, 0.6) is 0 Å². The summed E-state index contributed by atoms with van der Waals surface area (Å²) in [5.74, 6) is -0.790. The number of carboxylic acids is 1. The van der Waals surface area contributed by atoms with Crippen LogP contribution in [0.2, 0.25) is 0 Å². The smallest absolute Gasteiger partial charge is 0.303 e. The lowest BCUT2D eigenvalue weighted by molar-refractivity contribution is -0.136. The summed E-state index contributed by atoms with van der Waals surface area (Å²) in [5, 5.41) is 8.40. The second-order valence-electron chi connectivity index (χ2n) is 3.18. The van der Waals surface area contributed by atoms with E-state index in [0.29, 0.717) is 6.42 Å². The van der Waals surface area contributed by atoms with Crippen molar-refractivity contribution in [1.82, 2.24) is 0 Å². The van der Waals surface area contributed by atoms with Crippen molar-refractivity contribution < 1.29 is 9.90 Å². The second kappa shape index (κ2) is 5.32. The summed E-state index contributed by atoms with van der Waals surface area (Å²) in [7, 11) is 0. The molecule has 1 rings (SSSR count). The summed E-state index contributed by atoms with van der Waals surface area (Å²) in [6.45, 7) is 1.99. The zero-order valence-electron chi connectivity index (χ0n) is 8.13. The highest BCUT2D eigenvalue weighted by atomic mass is 16.4. The van der Waals surface area contributed by atoms with Crippen LogP contribution in [-0.2, 0) is 4.79 Å². The number of nitrogens with zero attached hydrogens (tertiary/aromatic N) is 2. The van der Waals surface area contributed by atoms with Gasteiger partial charge in [0.2, 0.25) is 0 Å². The Balaban J connectivity index is 2.33. The van der Waals surface area contributed by atoms with Gasteiger partial charge in [-0.2, -0.15) is 0 Å². The fourth-order valence-corrected chi connectivity index (χ4v) is 1.16. The molecular weight excluding hydrogens is 180 g/mol. The van der Waals surface area contributed by atoms with Crippen LogP contribution in [0.4, 0.5) is 0 Å². The molecule has 0 amide bonds. The molecule has 1 heterocycles. The van der Waals surface area contributed by atoms with E-state index in [1.165, 1.54) is 0 Å². The van der Waals surface area contributed by atoms with Gasteiger partial charge in [-0.05, 0) is 19.4 Å². The van der Waals surface area contributed by atoms with Crippen LogP contribution in [0, 0.1) is 0 Å². The molecule has 4 nitrogen and oxygen atoms in total. The van der Waals surface area contributed by atoms with Crippen molar-refractivity contribution in [3.8, 4) is 0 Å². The Morgan fingerprint density at radius 2 is 2.50 bits per heavy atom. The summed E-state index contributed by atoms with van der Waals surface area (Å²) >= 11 is 0. The van der Waals surface area contributed by atoms with Gasteiger partial charge in [0, 0.05) is 12.4 Å². The third-order valence-corrected chi connectivity index (χ3v) is 1.97. The number of carbonyl (C=O) groups is 1. The Bertz CT molecular complexity index is 282. The van der Waals surface area contributed by atoms with Gasteiger partial charge in [0.25, 0.3) is 0 Å². The first-order chi connectivity index (χ1) is 6.70. The molecule has 0 aliphatic carbocycles. The molecule has 0 aromatic heterocycles. The van der Waals surface area contributed by atoms with Crippen LogP contribution in [0.25, 0.3) is 0 Å². The van der Waals surface area contributed by atoms with Crippen molar-refractivity contribution >= 4 is 18.4 Å². The predicted molar refractivity (Wildman–Crippen MR) is 56.2 cm³/mol. The molecule has 0 aromatic rings. The lowest BCUT2D eigenvalue weighted by Gasteiger charge is -2.14. The van der Waals surface area contributed by atoms with Crippen molar-refractivity contribution in [3.63, 3.8) is 0 Å². The van der Waals surface area contributed by atoms with Gasteiger partial charge in [-0.25, -0.2) is 0 Å². The summed E-state index contributed by atoms with van der Waals surface area (Å²) in [5.41, 5.74) is 0. The molecule has 0 spiro atoms. The van der Waals surface area contributed by atoms with Crippen LogP contribution in [0.1, 0.15) is 19.8 Å². The Kier molecular flexibility index (Phi) is 4.04. The zero-order valence-corrected chi connectivity index (χ0v) is 8.13. The number of rotatable bonds is 4. The topological polar surface area (TPSA) is 62.0 Å². The van der Waals surface area contributed by atoms with E-state index < -0.39 is 5.97 Å². The summed E-state index contributed by atoms with van der Waals surface area (Å²) in [6.07, 6.45) is 7.87. The third kappa shape index (κ3) is 3.51. The Labute approximate surface area is 83.1 Å². The molecular formula is C10H14N2O2. The first kappa shape index (κ1) is 10.6. The molecule has 0 radical (unpaired) electrons. The molecule has 4 heteroatoms. The van der Waals surface area contributed by atoms with Crippen LogP contribution >= 0.6 is 0 Å². The zero-order chi connectivity index (χ0) is 10.4. The highest BCUT2D eigenvalue weighted by Crippen LogP contribution is 2.08. The Morgan fingerprint density at radius 3 is 3.14 bits per heavy atom. The largest absolute Gasteiger partial charge is 0.481 e. The quantitative estimate of drug-likeness (QED) is 0.686. The van der Waals surface area contributed by atoms with E-state index in [2.05, 4.69) is 9.98 Å². The molecule has 0 aromatic carbocycles. The van der Waals surface area contributed by atoms with Gasteiger partial charge >= 0.3 is 5.97 Å². The molecule has 2 unspecified atom stereocenters. The third-order valence-electron chi connectivity index (χ3n) is 1.97. The minimum absolute atomic E-state index is 0.0637. The maximum Gasteiger partial charge on any atom is 0.303 e. The van der Waals surface area contributed by atoms with Gasteiger partial charge in [-0.3, -0.25) is 14.8 Å². The Morgan fingerprint density at radius 1 is 1.71 bits per heavy atom. The number of hydrogen-bond donors (Lipinski definition) is 1. The van der Waals surface area contributed by atoms with Crippen LogP contribution in [0.15, 0.2) is 22.1 Å². The van der Waals surface area contributed by atoms with E-state index in [1.54, 1.807) is 12.4 Å². The predicted octanol–water partition coefficient (Wildman–Crippen LogP) is 1.32. The number of aliphatic carboxylic acids is 1. The number of aliphatic imine (C=N–C) groups is 2. The van der Waals surface area contributed by atoms with E-state index in [4.69, 9.17) is 5.11 Å². The fourth-order valence-electron chi connectivity index (χ4n) is 1.16. The normalized spacial score (nSPS) is 25.8. The van der Waals surface area contributed by atoms with Gasteiger partial charge in [0.15, 0.2) is 0 Å². The van der Waals surface area contributed by atoms with E-state index >= 15 is 0 Å². The maximum absolute atomic E-state index is 10.2. The molecule has 1 aliphatic heterocycles. The molecule has 14 heavy (non-hydrogen) atoms. The summed E-state index contributed by atoms with van der Waals surface area (Å²) in [6, 6.07) is 0.217. The van der Waals surface area contributed by atoms with Gasteiger partial charge in [0.1, 0.15) is 0 Å². The van der Waals surface area contributed by atoms with Gasteiger partial charge in [-0.15, -0.1) is 0 Å². The average Bonchev–Trinajstić information content (AvgIpc) is 2.15. The molecule has 2 atom stereocenters. The first-order valence-corrected chi connectivity index (χ1v) is 4.63. The van der Waals surface area contributed by atoms with Crippen LogP contribution < -0.4 is 0 Å². The Hall–Kier alpha value is -1.45. The molecule has 0 fully saturated rings. The maximum atomic E-state index is 10.2. The van der Waals surface area contributed by atoms with Gasteiger partial charge < -0.3 is 5.11 Å². The second-order valence-corrected chi connectivity index (χ2v) is 3.18. The molecule has 76 valence electrons. The van der Waals surface area contributed by atoms with E-state index in [-0.39, 0.29) is 18.5 Å². The number of allylic oxidation sites excluding steroid dienone is 1. The SMILES string of the molecule is CC1N=CC=CC1N=CCCC(=O)O. The van der Waals surface area contributed by atoms with Crippen LogP contribution in [-0.4, -0.2) is 35.6 Å². The minimum atomic E-state index is -0.790. The average molecular weight is 194 g/mol. The van der Waals surface area contributed by atoms with Crippen molar-refractivity contribution in [3.05, 3.63) is 12.2 Å². The standard InChI is InChI=1S/C10H14N2O2/c1-8-9(4-2-6-11-8)12-7-3-5-10(13)14/h2,4,6-9H,3,5H2,1H3,(H,13,14). The van der Waals surface area contributed by atoms with Crippen molar-refractivity contribution in [2.24, 2.45) is 9.98 Å². The summed E-state index contributed by atoms with van der Waals surface area (Å²) < 4.78 is 0. The lowest BCUT2D eigenvalue weighted by atomic mass is 10.1. The monoisotopic (exact) mass is 194 g/mol. The van der Waals surface area contributed by atoms with E-state index in [9.17, 15) is 4.79 Å². The molecule has 0 saturated carbocycles. The summed E-state index contributed by atoms with van der Waals surface area (Å²) in [4.78, 5) is 18.6. The number of dihydropyridines is 1. The molecule has 1 N–H and O–H groups in total. The lowest BCUT2D eigenvalue weighted by Crippen LogP contribution is -2.19. The van der Waals surface area contributed by atoms with Crippen molar-refractivity contribution in [2.75, 3.05) is 0 Å². The van der Waals surface area contributed by atoms with Gasteiger partial charge in [0.05, 0.1) is 18.5 Å². The first-order valence-electron chi connectivity index (χ1n) is 4.63. The minimum Gasteiger partial charge on any atom is -0.481 e. The number of hydrogen-bond acceptors (Lipinski definition) is 3. The molecule has 0 bridgehead atoms. The highest BCUT2D eigenvalue weighted by molar-refractivity contribution is 5.73. The van der Waals surface area contributed by atoms with E-state index in [0.717, 1.165) is 0 Å². The van der Waals surface area contributed by atoms with Crippen LogP contribution in [0.3, 0.4) is 0 Å². The van der Waals surface area contributed by atoms with Gasteiger partial charge in [-0.1, -0.05) is 6.08 Å². The molecule has 1 aliphatic rings. The molecule has 0 saturated heterocycles. The van der Waals surface area contributed by atoms with Crippen molar-refractivity contribution in [2.45, 2.75) is 31.8 Å². The fraction of sp³-hybridized carbons (Fsp3) is 0.500. The number of carboxylic acid groups (broad SMARTS) is 1. The van der Waals surface area contributed by atoms with E-state index in [1.807, 2.05) is 19.1 Å². The van der Waals surface area contributed by atoms with Crippen molar-refractivity contribution in [1.29, 1.82) is 0 Å².